The molecule has 0 aromatic rings. The maximum atomic E-state index is 13.1. The lowest BCUT2D eigenvalue weighted by atomic mass is 10.1. The summed E-state index contributed by atoms with van der Waals surface area (Å²) in [5.74, 6) is 0.246. The number of carbonyl (C=O) groups excluding carboxylic acids is 1. The molecule has 288 valence electrons. The zero-order valence-corrected chi connectivity index (χ0v) is 33.9. The fourth-order valence-corrected chi connectivity index (χ4v) is 7.04. The van der Waals surface area contributed by atoms with Crippen LogP contribution in [0.4, 0.5) is 0 Å². The lowest BCUT2D eigenvalue weighted by Crippen LogP contribution is -2.42. The Morgan fingerprint density at radius 1 is 0.333 bits per heavy atom. The van der Waals surface area contributed by atoms with Crippen molar-refractivity contribution in [2.75, 3.05) is 45.8 Å². The van der Waals surface area contributed by atoms with E-state index < -0.39 is 0 Å². The SMILES string of the molecule is CCCCCCCCCCCCCCNC(=O)CN(CCCCCCCCC)CCN(CCCCCCCC)CCCCCCCCC. The lowest BCUT2D eigenvalue weighted by Gasteiger charge is -2.28. The second-order valence-corrected chi connectivity index (χ2v) is 15.4. The van der Waals surface area contributed by atoms with Crippen LogP contribution in [0.3, 0.4) is 0 Å². The Labute approximate surface area is 304 Å². The molecule has 0 aromatic carbocycles. The van der Waals surface area contributed by atoms with Crippen LogP contribution >= 0.6 is 0 Å². The van der Waals surface area contributed by atoms with E-state index >= 15 is 0 Å². The van der Waals surface area contributed by atoms with Crippen molar-refractivity contribution >= 4 is 5.91 Å². The van der Waals surface area contributed by atoms with E-state index in [1.165, 1.54) is 212 Å². The molecular formula is C44H91N3O. The highest BCUT2D eigenvalue weighted by Crippen LogP contribution is 2.13. The molecule has 0 heterocycles. The third-order valence-electron chi connectivity index (χ3n) is 10.4. The molecule has 0 bridgehead atoms. The first kappa shape index (κ1) is 47.4. The van der Waals surface area contributed by atoms with Crippen molar-refractivity contribution in [3.8, 4) is 0 Å². The predicted molar refractivity (Wildman–Crippen MR) is 216 cm³/mol. The summed E-state index contributed by atoms with van der Waals surface area (Å²) in [6, 6.07) is 0. The Hall–Kier alpha value is -0.610. The van der Waals surface area contributed by atoms with Crippen LogP contribution in [-0.4, -0.2) is 61.5 Å². The van der Waals surface area contributed by atoms with E-state index in [-0.39, 0.29) is 5.91 Å². The smallest absolute Gasteiger partial charge is 0.234 e. The summed E-state index contributed by atoms with van der Waals surface area (Å²) < 4.78 is 0. The fourth-order valence-electron chi connectivity index (χ4n) is 7.04. The van der Waals surface area contributed by atoms with Crippen LogP contribution in [-0.2, 0) is 4.79 Å². The second kappa shape index (κ2) is 40.8. The molecule has 0 saturated carbocycles. The standard InChI is InChI=1S/C44H91N3O/c1-5-9-13-17-21-22-23-24-25-26-29-33-37-45-44(48)43-47(40-36-32-28-19-15-11-7-3)42-41-46(38-34-30-20-16-12-8-4)39-35-31-27-18-14-10-6-2/h5-43H2,1-4H3,(H,45,48). The van der Waals surface area contributed by atoms with Crippen LogP contribution in [0, 0.1) is 0 Å². The molecule has 0 aliphatic carbocycles. The van der Waals surface area contributed by atoms with Crippen molar-refractivity contribution < 1.29 is 4.79 Å². The molecule has 4 nitrogen and oxygen atoms in total. The number of hydrogen-bond acceptors (Lipinski definition) is 3. The van der Waals surface area contributed by atoms with Crippen molar-refractivity contribution in [1.82, 2.24) is 15.1 Å². The van der Waals surface area contributed by atoms with Crippen LogP contribution < -0.4 is 5.32 Å². The van der Waals surface area contributed by atoms with Gasteiger partial charge in [0.05, 0.1) is 6.54 Å². The summed E-state index contributed by atoms with van der Waals surface area (Å²) >= 11 is 0. The summed E-state index contributed by atoms with van der Waals surface area (Å²) in [5, 5.41) is 3.29. The van der Waals surface area contributed by atoms with Crippen molar-refractivity contribution in [3.05, 3.63) is 0 Å². The Kier molecular flexibility index (Phi) is 40.3. The van der Waals surface area contributed by atoms with E-state index in [0.29, 0.717) is 6.54 Å². The van der Waals surface area contributed by atoms with Gasteiger partial charge in [-0.1, -0.05) is 207 Å². The number of nitrogens with zero attached hydrogens (tertiary/aromatic N) is 2. The third kappa shape index (κ3) is 36.7. The van der Waals surface area contributed by atoms with Crippen molar-refractivity contribution in [2.45, 2.75) is 233 Å². The molecule has 0 aromatic heterocycles. The van der Waals surface area contributed by atoms with Crippen LogP contribution in [0.5, 0.6) is 0 Å². The van der Waals surface area contributed by atoms with Gasteiger partial charge in [0, 0.05) is 19.6 Å². The van der Waals surface area contributed by atoms with Crippen LogP contribution in [0.2, 0.25) is 0 Å². The normalized spacial score (nSPS) is 11.7. The lowest BCUT2D eigenvalue weighted by molar-refractivity contribution is -0.122. The van der Waals surface area contributed by atoms with Gasteiger partial charge in [-0.25, -0.2) is 0 Å². The van der Waals surface area contributed by atoms with E-state index in [0.717, 1.165) is 32.6 Å². The number of carbonyl (C=O) groups is 1. The fraction of sp³-hybridized carbons (Fsp3) is 0.977. The van der Waals surface area contributed by atoms with Crippen molar-refractivity contribution in [2.24, 2.45) is 0 Å². The topological polar surface area (TPSA) is 35.6 Å². The van der Waals surface area contributed by atoms with Crippen molar-refractivity contribution in [1.29, 1.82) is 0 Å². The molecule has 0 rings (SSSR count). The average molecular weight is 678 g/mol. The highest BCUT2D eigenvalue weighted by molar-refractivity contribution is 5.77. The summed E-state index contributed by atoms with van der Waals surface area (Å²) in [4.78, 5) is 18.3. The highest BCUT2D eigenvalue weighted by Gasteiger charge is 2.13. The highest BCUT2D eigenvalue weighted by atomic mass is 16.2. The molecule has 0 aliphatic rings. The molecular weight excluding hydrogens is 587 g/mol. The molecule has 48 heavy (non-hydrogen) atoms. The number of hydrogen-bond donors (Lipinski definition) is 1. The van der Waals surface area contributed by atoms with Gasteiger partial charge >= 0.3 is 0 Å². The van der Waals surface area contributed by atoms with Gasteiger partial charge in [-0.15, -0.1) is 0 Å². The van der Waals surface area contributed by atoms with E-state index in [4.69, 9.17) is 0 Å². The second-order valence-electron chi connectivity index (χ2n) is 15.4. The minimum Gasteiger partial charge on any atom is -0.355 e. The first-order chi connectivity index (χ1) is 23.7. The van der Waals surface area contributed by atoms with E-state index in [1.54, 1.807) is 0 Å². The monoisotopic (exact) mass is 678 g/mol. The van der Waals surface area contributed by atoms with Gasteiger partial charge in [0.15, 0.2) is 0 Å². The Bertz CT molecular complexity index is 612. The number of nitrogens with one attached hydrogen (secondary N) is 1. The van der Waals surface area contributed by atoms with Crippen LogP contribution in [0.1, 0.15) is 233 Å². The zero-order valence-electron chi connectivity index (χ0n) is 33.9. The van der Waals surface area contributed by atoms with Crippen LogP contribution in [0.15, 0.2) is 0 Å². The summed E-state index contributed by atoms with van der Waals surface area (Å²) in [6.45, 7) is 16.3. The van der Waals surface area contributed by atoms with Gasteiger partial charge in [0.2, 0.25) is 5.91 Å². The first-order valence-corrected chi connectivity index (χ1v) is 22.4. The van der Waals surface area contributed by atoms with Crippen LogP contribution in [0.25, 0.3) is 0 Å². The van der Waals surface area contributed by atoms with Gasteiger partial charge in [-0.2, -0.15) is 0 Å². The molecule has 1 amide bonds. The molecule has 0 spiro atoms. The molecule has 0 atom stereocenters. The molecule has 4 heteroatoms. The molecule has 0 unspecified atom stereocenters. The minimum atomic E-state index is 0.246. The van der Waals surface area contributed by atoms with Gasteiger partial charge < -0.3 is 10.2 Å². The van der Waals surface area contributed by atoms with E-state index in [9.17, 15) is 4.79 Å². The quantitative estimate of drug-likeness (QED) is 0.0654. The summed E-state index contributed by atoms with van der Waals surface area (Å²) in [7, 11) is 0. The maximum Gasteiger partial charge on any atom is 0.234 e. The average Bonchev–Trinajstić information content (AvgIpc) is 3.09. The minimum absolute atomic E-state index is 0.246. The molecule has 0 fully saturated rings. The third-order valence-corrected chi connectivity index (χ3v) is 10.4. The Balaban J connectivity index is 4.59. The van der Waals surface area contributed by atoms with Gasteiger partial charge in [-0.05, 0) is 45.3 Å². The molecule has 0 radical (unpaired) electrons. The number of amides is 1. The number of rotatable bonds is 41. The zero-order chi connectivity index (χ0) is 35.0. The molecule has 0 aliphatic heterocycles. The van der Waals surface area contributed by atoms with E-state index in [2.05, 4.69) is 42.8 Å². The van der Waals surface area contributed by atoms with E-state index in [1.807, 2.05) is 0 Å². The predicted octanol–water partition coefficient (Wildman–Crippen LogP) is 13.3. The summed E-state index contributed by atoms with van der Waals surface area (Å²) in [5.41, 5.74) is 0. The maximum absolute atomic E-state index is 13.1. The number of unbranched alkanes of at least 4 members (excludes halogenated alkanes) is 28. The molecule has 1 N–H and O–H groups in total. The Morgan fingerprint density at radius 2 is 0.604 bits per heavy atom. The van der Waals surface area contributed by atoms with Gasteiger partial charge in [0.1, 0.15) is 0 Å². The van der Waals surface area contributed by atoms with Gasteiger partial charge in [0.25, 0.3) is 0 Å². The van der Waals surface area contributed by atoms with Crippen molar-refractivity contribution in [3.63, 3.8) is 0 Å². The molecule has 0 saturated heterocycles. The van der Waals surface area contributed by atoms with Gasteiger partial charge in [-0.3, -0.25) is 9.69 Å². The Morgan fingerprint density at radius 3 is 0.958 bits per heavy atom. The first-order valence-electron chi connectivity index (χ1n) is 22.4. The summed E-state index contributed by atoms with van der Waals surface area (Å²) in [6.07, 6.45) is 43.5. The largest absolute Gasteiger partial charge is 0.355 e.